The number of carbonyl (C=O) groups is 2. The second kappa shape index (κ2) is 4.44. The summed E-state index contributed by atoms with van der Waals surface area (Å²) in [5, 5.41) is 16.0. The Hall–Kier alpha value is -1.85. The first-order valence-corrected chi connectivity index (χ1v) is 6.01. The van der Waals surface area contributed by atoms with Crippen molar-refractivity contribution in [1.82, 2.24) is 15.1 Å². The third-order valence-electron chi connectivity index (χ3n) is 3.45. The van der Waals surface area contributed by atoms with Gasteiger partial charge in [-0.05, 0) is 25.8 Å². The topological polar surface area (TPSA) is 84.2 Å². The summed E-state index contributed by atoms with van der Waals surface area (Å²) in [4.78, 5) is 23.5. The van der Waals surface area contributed by atoms with E-state index in [4.69, 9.17) is 0 Å². The van der Waals surface area contributed by atoms with E-state index in [1.807, 2.05) is 0 Å². The molecule has 2 N–H and O–H groups in total. The smallest absolute Gasteiger partial charge is 0.329 e. The third kappa shape index (κ3) is 2.10. The Kier molecular flexibility index (Phi) is 3.11. The van der Waals surface area contributed by atoms with Crippen LogP contribution in [0.15, 0.2) is 6.07 Å². The number of hydrogen-bond acceptors (Lipinski definition) is 3. The van der Waals surface area contributed by atoms with Crippen molar-refractivity contribution in [2.24, 2.45) is 7.05 Å². The molecule has 98 valence electrons. The standard InChI is InChI=1S/C12H17N3O3/c1-8-7-9(15(2)14-8)10(16)13-12(11(17)18)5-3-4-6-12/h7H,3-6H2,1-2H3,(H,13,16)(H,17,18). The number of nitrogens with one attached hydrogen (secondary N) is 1. The van der Waals surface area contributed by atoms with Gasteiger partial charge in [-0.2, -0.15) is 5.10 Å². The fourth-order valence-corrected chi connectivity index (χ4v) is 2.48. The van der Waals surface area contributed by atoms with Crippen LogP contribution in [0.25, 0.3) is 0 Å². The van der Waals surface area contributed by atoms with E-state index < -0.39 is 11.5 Å². The van der Waals surface area contributed by atoms with E-state index in [0.29, 0.717) is 18.5 Å². The van der Waals surface area contributed by atoms with Gasteiger partial charge in [0.25, 0.3) is 5.91 Å². The van der Waals surface area contributed by atoms with Crippen molar-refractivity contribution < 1.29 is 14.7 Å². The van der Waals surface area contributed by atoms with E-state index in [1.54, 1.807) is 20.0 Å². The molecule has 0 bridgehead atoms. The molecule has 0 radical (unpaired) electrons. The predicted octanol–water partition coefficient (Wildman–Crippen LogP) is 0.856. The van der Waals surface area contributed by atoms with Crippen LogP contribution in [0, 0.1) is 6.92 Å². The van der Waals surface area contributed by atoms with Crippen molar-refractivity contribution in [3.05, 3.63) is 17.5 Å². The summed E-state index contributed by atoms with van der Waals surface area (Å²) in [6, 6.07) is 1.65. The number of nitrogens with zero attached hydrogens (tertiary/aromatic N) is 2. The highest BCUT2D eigenvalue weighted by Gasteiger charge is 2.43. The fourth-order valence-electron chi connectivity index (χ4n) is 2.48. The monoisotopic (exact) mass is 251 g/mol. The van der Waals surface area contributed by atoms with Crippen LogP contribution in [0.1, 0.15) is 41.9 Å². The zero-order valence-electron chi connectivity index (χ0n) is 10.6. The molecule has 1 aliphatic carbocycles. The molecule has 0 atom stereocenters. The van der Waals surface area contributed by atoms with E-state index in [-0.39, 0.29) is 5.91 Å². The Labute approximate surface area is 105 Å². The molecule has 0 saturated heterocycles. The van der Waals surface area contributed by atoms with Crippen molar-refractivity contribution in [3.63, 3.8) is 0 Å². The zero-order chi connectivity index (χ0) is 13.3. The van der Waals surface area contributed by atoms with Crippen LogP contribution in [0.5, 0.6) is 0 Å². The Morgan fingerprint density at radius 2 is 2.06 bits per heavy atom. The van der Waals surface area contributed by atoms with Crippen molar-refractivity contribution >= 4 is 11.9 Å². The van der Waals surface area contributed by atoms with Crippen LogP contribution >= 0.6 is 0 Å². The molecular formula is C12H17N3O3. The van der Waals surface area contributed by atoms with E-state index in [2.05, 4.69) is 10.4 Å². The fraction of sp³-hybridized carbons (Fsp3) is 0.583. The molecule has 6 nitrogen and oxygen atoms in total. The number of carboxylic acid groups (broad SMARTS) is 1. The van der Waals surface area contributed by atoms with Crippen LogP contribution in [-0.4, -0.2) is 32.3 Å². The number of aromatic nitrogens is 2. The number of hydrogen-bond donors (Lipinski definition) is 2. The quantitative estimate of drug-likeness (QED) is 0.834. The summed E-state index contributed by atoms with van der Waals surface area (Å²) >= 11 is 0. The maximum absolute atomic E-state index is 12.1. The van der Waals surface area contributed by atoms with Crippen LogP contribution in [-0.2, 0) is 11.8 Å². The van der Waals surface area contributed by atoms with Gasteiger partial charge in [-0.1, -0.05) is 12.8 Å². The minimum Gasteiger partial charge on any atom is -0.480 e. The molecular weight excluding hydrogens is 234 g/mol. The number of aliphatic carboxylic acids is 1. The number of carbonyl (C=O) groups excluding carboxylic acids is 1. The van der Waals surface area contributed by atoms with Crippen molar-refractivity contribution in [2.45, 2.75) is 38.1 Å². The first-order chi connectivity index (χ1) is 8.44. The summed E-state index contributed by atoms with van der Waals surface area (Å²) in [6.07, 6.45) is 2.64. The largest absolute Gasteiger partial charge is 0.480 e. The zero-order valence-corrected chi connectivity index (χ0v) is 10.6. The van der Waals surface area contributed by atoms with Gasteiger partial charge >= 0.3 is 5.97 Å². The van der Waals surface area contributed by atoms with Gasteiger partial charge in [0, 0.05) is 7.05 Å². The summed E-state index contributed by atoms with van der Waals surface area (Å²) < 4.78 is 1.47. The molecule has 1 aliphatic rings. The van der Waals surface area contributed by atoms with E-state index in [0.717, 1.165) is 18.5 Å². The molecule has 0 unspecified atom stereocenters. The maximum Gasteiger partial charge on any atom is 0.329 e. The van der Waals surface area contributed by atoms with Gasteiger partial charge in [0.2, 0.25) is 0 Å². The number of rotatable bonds is 3. The first-order valence-electron chi connectivity index (χ1n) is 6.01. The second-order valence-corrected chi connectivity index (χ2v) is 4.84. The Balaban J connectivity index is 2.20. The lowest BCUT2D eigenvalue weighted by molar-refractivity contribution is -0.144. The minimum atomic E-state index is -1.10. The Bertz CT molecular complexity index is 487. The van der Waals surface area contributed by atoms with Gasteiger partial charge in [0.15, 0.2) is 0 Å². The van der Waals surface area contributed by atoms with Crippen LogP contribution in [0.3, 0.4) is 0 Å². The van der Waals surface area contributed by atoms with E-state index in [9.17, 15) is 14.7 Å². The average molecular weight is 251 g/mol. The van der Waals surface area contributed by atoms with Gasteiger partial charge in [0.05, 0.1) is 5.69 Å². The summed E-state index contributed by atoms with van der Waals surface area (Å²) in [5.41, 5.74) is 0.0217. The molecule has 0 aromatic carbocycles. The van der Waals surface area contributed by atoms with Gasteiger partial charge in [0.1, 0.15) is 11.2 Å². The van der Waals surface area contributed by atoms with Crippen molar-refractivity contribution in [2.75, 3.05) is 0 Å². The third-order valence-corrected chi connectivity index (χ3v) is 3.45. The Morgan fingerprint density at radius 3 is 2.50 bits per heavy atom. The summed E-state index contributed by atoms with van der Waals surface area (Å²) in [7, 11) is 1.67. The molecule has 1 aromatic heterocycles. The molecule has 1 aromatic rings. The van der Waals surface area contributed by atoms with Crippen molar-refractivity contribution in [1.29, 1.82) is 0 Å². The van der Waals surface area contributed by atoms with Crippen LogP contribution < -0.4 is 5.32 Å². The number of carboxylic acids is 1. The minimum absolute atomic E-state index is 0.373. The number of amides is 1. The lowest BCUT2D eigenvalue weighted by Gasteiger charge is -2.25. The van der Waals surface area contributed by atoms with E-state index in [1.165, 1.54) is 4.68 Å². The van der Waals surface area contributed by atoms with Crippen LogP contribution in [0.2, 0.25) is 0 Å². The lowest BCUT2D eigenvalue weighted by Crippen LogP contribution is -2.52. The Morgan fingerprint density at radius 1 is 1.44 bits per heavy atom. The van der Waals surface area contributed by atoms with Crippen LogP contribution in [0.4, 0.5) is 0 Å². The van der Waals surface area contributed by atoms with E-state index >= 15 is 0 Å². The number of aryl methyl sites for hydroxylation is 2. The SMILES string of the molecule is Cc1cc(C(=O)NC2(C(=O)O)CCCC2)n(C)n1. The molecule has 6 heteroatoms. The highest BCUT2D eigenvalue weighted by atomic mass is 16.4. The molecule has 1 fully saturated rings. The average Bonchev–Trinajstić information content (AvgIpc) is 2.86. The summed E-state index contributed by atoms with van der Waals surface area (Å²) in [6.45, 7) is 1.79. The molecule has 1 amide bonds. The first kappa shape index (κ1) is 12.6. The lowest BCUT2D eigenvalue weighted by atomic mass is 9.97. The molecule has 0 spiro atoms. The van der Waals surface area contributed by atoms with Gasteiger partial charge in [-0.3, -0.25) is 9.48 Å². The molecule has 1 heterocycles. The maximum atomic E-state index is 12.1. The summed E-state index contributed by atoms with van der Waals surface area (Å²) in [5.74, 6) is -1.32. The van der Waals surface area contributed by atoms with Gasteiger partial charge in [-0.25, -0.2) is 4.79 Å². The van der Waals surface area contributed by atoms with Gasteiger partial charge in [-0.15, -0.1) is 0 Å². The van der Waals surface area contributed by atoms with Gasteiger partial charge < -0.3 is 10.4 Å². The van der Waals surface area contributed by atoms with Crippen molar-refractivity contribution in [3.8, 4) is 0 Å². The predicted molar refractivity (Wildman–Crippen MR) is 64.2 cm³/mol. The second-order valence-electron chi connectivity index (χ2n) is 4.84. The molecule has 2 rings (SSSR count). The molecule has 18 heavy (non-hydrogen) atoms. The highest BCUT2D eigenvalue weighted by molar-refractivity contribution is 5.96. The molecule has 0 aliphatic heterocycles. The molecule has 1 saturated carbocycles. The normalized spacial score (nSPS) is 17.7. The highest BCUT2D eigenvalue weighted by Crippen LogP contribution is 2.30.